The molecule has 1 unspecified atom stereocenters. The molecule has 1 atom stereocenters. The molecule has 80 valence electrons. The lowest BCUT2D eigenvalue weighted by molar-refractivity contribution is 0.805. The number of fused-ring (bicyclic) bond motifs is 1. The molecule has 2 aromatic rings. The van der Waals surface area contributed by atoms with Crippen LogP contribution in [0.5, 0.6) is 0 Å². The molecule has 0 bridgehead atoms. The minimum absolute atomic E-state index is 0.163. The Morgan fingerprint density at radius 3 is 2.75 bits per heavy atom. The summed E-state index contributed by atoms with van der Waals surface area (Å²) in [6.45, 7) is 1.88. The summed E-state index contributed by atoms with van der Waals surface area (Å²) in [5.41, 5.74) is 9.46. The van der Waals surface area contributed by atoms with E-state index >= 15 is 0 Å². The molecule has 0 aliphatic carbocycles. The smallest absolute Gasteiger partial charge is 0.0608 e. The van der Waals surface area contributed by atoms with Gasteiger partial charge < -0.3 is 0 Å². The summed E-state index contributed by atoms with van der Waals surface area (Å²) in [6, 6.07) is 12.0. The normalized spacial score (nSPS) is 12.1. The lowest BCUT2D eigenvalue weighted by Crippen LogP contribution is -1.90. The predicted molar refractivity (Wildman–Crippen MR) is 69.2 cm³/mol. The van der Waals surface area contributed by atoms with Crippen molar-refractivity contribution in [2.24, 2.45) is 5.11 Å². The fraction of sp³-hybridized carbons (Fsp3) is 0.167. The number of halogens is 1. The van der Waals surface area contributed by atoms with E-state index in [-0.39, 0.29) is 6.04 Å². The van der Waals surface area contributed by atoms with Gasteiger partial charge in [-0.2, -0.15) is 0 Å². The van der Waals surface area contributed by atoms with Gasteiger partial charge in [0.2, 0.25) is 0 Å². The van der Waals surface area contributed by atoms with E-state index < -0.39 is 0 Å². The van der Waals surface area contributed by atoms with Crippen molar-refractivity contribution in [1.29, 1.82) is 0 Å². The van der Waals surface area contributed by atoms with Crippen LogP contribution >= 0.6 is 15.9 Å². The first-order valence-electron chi connectivity index (χ1n) is 4.95. The van der Waals surface area contributed by atoms with Gasteiger partial charge >= 0.3 is 0 Å². The maximum Gasteiger partial charge on any atom is 0.0608 e. The highest BCUT2D eigenvalue weighted by Crippen LogP contribution is 2.32. The third kappa shape index (κ3) is 1.90. The number of rotatable bonds is 2. The maximum atomic E-state index is 8.45. The molecular weight excluding hydrogens is 266 g/mol. The molecule has 0 aliphatic rings. The molecule has 0 saturated heterocycles. The van der Waals surface area contributed by atoms with Gasteiger partial charge in [0.05, 0.1) is 6.04 Å². The molecule has 0 N–H and O–H groups in total. The fourth-order valence-corrected chi connectivity index (χ4v) is 2.54. The largest absolute Gasteiger partial charge is 0.0862 e. The van der Waals surface area contributed by atoms with E-state index in [1.54, 1.807) is 0 Å². The second kappa shape index (κ2) is 4.56. The van der Waals surface area contributed by atoms with Crippen LogP contribution in [0.15, 0.2) is 46.0 Å². The van der Waals surface area contributed by atoms with E-state index in [9.17, 15) is 0 Å². The number of nitrogens with zero attached hydrogens (tertiary/aromatic N) is 3. The molecule has 2 rings (SSSR count). The Morgan fingerprint density at radius 2 is 2.00 bits per heavy atom. The van der Waals surface area contributed by atoms with Crippen LogP contribution in [0.3, 0.4) is 0 Å². The molecule has 0 aliphatic heterocycles. The monoisotopic (exact) mass is 275 g/mol. The van der Waals surface area contributed by atoms with Crippen molar-refractivity contribution >= 4 is 26.7 Å². The van der Waals surface area contributed by atoms with Gasteiger partial charge in [-0.3, -0.25) is 0 Å². The number of benzene rings is 2. The van der Waals surface area contributed by atoms with Crippen LogP contribution < -0.4 is 0 Å². The van der Waals surface area contributed by atoms with Gasteiger partial charge in [0.25, 0.3) is 0 Å². The summed E-state index contributed by atoms with van der Waals surface area (Å²) in [5.74, 6) is 0. The zero-order chi connectivity index (χ0) is 11.5. The van der Waals surface area contributed by atoms with Gasteiger partial charge in [-0.15, -0.1) is 0 Å². The van der Waals surface area contributed by atoms with Gasteiger partial charge in [0.1, 0.15) is 0 Å². The van der Waals surface area contributed by atoms with Gasteiger partial charge in [0.15, 0.2) is 0 Å². The predicted octanol–water partition coefficient (Wildman–Crippen LogP) is 4.97. The Balaban J connectivity index is 2.65. The minimum Gasteiger partial charge on any atom is -0.0862 e. The molecule has 3 nitrogen and oxygen atoms in total. The first-order chi connectivity index (χ1) is 7.74. The summed E-state index contributed by atoms with van der Waals surface area (Å²) >= 11 is 3.57. The molecule has 2 aromatic carbocycles. The van der Waals surface area contributed by atoms with E-state index in [2.05, 4.69) is 32.0 Å². The average Bonchev–Trinajstić information content (AvgIpc) is 2.30. The molecule has 16 heavy (non-hydrogen) atoms. The SMILES string of the molecule is CC(N=[N+]=[N-])c1ccc2ccccc2c1Br. The minimum atomic E-state index is -0.163. The van der Waals surface area contributed by atoms with Gasteiger partial charge in [-0.05, 0) is 37.8 Å². The zero-order valence-electron chi connectivity index (χ0n) is 8.76. The molecule has 0 fully saturated rings. The van der Waals surface area contributed by atoms with Crippen LogP contribution in [0.4, 0.5) is 0 Å². The van der Waals surface area contributed by atoms with Crippen molar-refractivity contribution in [1.82, 2.24) is 0 Å². The second-order valence-electron chi connectivity index (χ2n) is 3.57. The Bertz CT molecular complexity index is 573. The van der Waals surface area contributed by atoms with Gasteiger partial charge in [0, 0.05) is 9.38 Å². The number of hydrogen-bond acceptors (Lipinski definition) is 1. The Morgan fingerprint density at radius 1 is 1.25 bits per heavy atom. The van der Waals surface area contributed by atoms with E-state index in [0.717, 1.165) is 15.4 Å². The Hall–Kier alpha value is -1.51. The molecule has 0 amide bonds. The molecule has 0 radical (unpaired) electrons. The van der Waals surface area contributed by atoms with Crippen LogP contribution in [0.1, 0.15) is 18.5 Å². The number of azide groups is 1. The third-order valence-electron chi connectivity index (χ3n) is 2.57. The highest BCUT2D eigenvalue weighted by Gasteiger charge is 2.09. The fourth-order valence-electron chi connectivity index (χ4n) is 1.71. The molecule has 0 saturated carbocycles. The quantitative estimate of drug-likeness (QED) is 0.422. The highest BCUT2D eigenvalue weighted by molar-refractivity contribution is 9.10. The van der Waals surface area contributed by atoms with E-state index in [1.807, 2.05) is 37.3 Å². The van der Waals surface area contributed by atoms with Crippen LogP contribution in [-0.4, -0.2) is 0 Å². The summed E-state index contributed by atoms with van der Waals surface area (Å²) in [4.78, 5) is 2.84. The average molecular weight is 276 g/mol. The Labute approximate surface area is 102 Å². The molecular formula is C12H10BrN3. The molecule has 4 heteroatoms. The maximum absolute atomic E-state index is 8.45. The van der Waals surface area contributed by atoms with Crippen molar-refractivity contribution in [3.63, 3.8) is 0 Å². The third-order valence-corrected chi connectivity index (χ3v) is 3.45. The first kappa shape index (κ1) is 11.0. The lowest BCUT2D eigenvalue weighted by Gasteiger charge is -2.10. The van der Waals surface area contributed by atoms with Gasteiger partial charge in [-0.1, -0.05) is 48.4 Å². The van der Waals surface area contributed by atoms with E-state index in [1.165, 1.54) is 5.39 Å². The van der Waals surface area contributed by atoms with Crippen molar-refractivity contribution in [3.8, 4) is 0 Å². The van der Waals surface area contributed by atoms with Crippen LogP contribution in [-0.2, 0) is 0 Å². The van der Waals surface area contributed by atoms with Crippen molar-refractivity contribution in [2.45, 2.75) is 13.0 Å². The van der Waals surface area contributed by atoms with Crippen molar-refractivity contribution in [3.05, 3.63) is 56.9 Å². The van der Waals surface area contributed by atoms with Crippen molar-refractivity contribution in [2.75, 3.05) is 0 Å². The van der Waals surface area contributed by atoms with E-state index in [0.29, 0.717) is 0 Å². The Kier molecular flexibility index (Phi) is 3.13. The first-order valence-corrected chi connectivity index (χ1v) is 5.74. The van der Waals surface area contributed by atoms with Crippen molar-refractivity contribution < 1.29 is 0 Å². The van der Waals surface area contributed by atoms with Crippen LogP contribution in [0.25, 0.3) is 21.2 Å². The zero-order valence-corrected chi connectivity index (χ0v) is 10.3. The molecule has 0 aromatic heterocycles. The second-order valence-corrected chi connectivity index (χ2v) is 4.36. The van der Waals surface area contributed by atoms with Gasteiger partial charge in [-0.25, -0.2) is 0 Å². The van der Waals surface area contributed by atoms with Crippen LogP contribution in [0, 0.1) is 0 Å². The summed E-state index contributed by atoms with van der Waals surface area (Å²) in [6.07, 6.45) is 0. The standard InChI is InChI=1S/C12H10BrN3/c1-8(15-16-14)10-7-6-9-4-2-3-5-11(9)12(10)13/h2-8H,1H3. The molecule has 0 heterocycles. The lowest BCUT2D eigenvalue weighted by atomic mass is 10.0. The van der Waals surface area contributed by atoms with Crippen LogP contribution in [0.2, 0.25) is 0 Å². The topological polar surface area (TPSA) is 48.8 Å². The summed E-state index contributed by atoms with van der Waals surface area (Å²) in [7, 11) is 0. The molecule has 0 spiro atoms. The summed E-state index contributed by atoms with van der Waals surface area (Å²) in [5, 5.41) is 6.02. The van der Waals surface area contributed by atoms with E-state index in [4.69, 9.17) is 5.53 Å². The highest BCUT2D eigenvalue weighted by atomic mass is 79.9. The summed E-state index contributed by atoms with van der Waals surface area (Å²) < 4.78 is 1.01. The number of hydrogen-bond donors (Lipinski definition) is 0.